The minimum atomic E-state index is -3.62. The first-order chi connectivity index (χ1) is 9.45. The lowest BCUT2D eigenvalue weighted by Gasteiger charge is -2.06. The topological polar surface area (TPSA) is 98.2 Å². The third kappa shape index (κ3) is 4.06. The van der Waals surface area contributed by atoms with Crippen molar-refractivity contribution in [3.8, 4) is 0 Å². The quantitative estimate of drug-likeness (QED) is 0.721. The fraction of sp³-hybridized carbons (Fsp3) is 0.143. The van der Waals surface area contributed by atoms with E-state index in [1.165, 1.54) is 12.1 Å². The van der Waals surface area contributed by atoms with Gasteiger partial charge in [0.05, 0.1) is 4.90 Å². The molecule has 5 N–H and O–H groups in total. The minimum Gasteiger partial charge on any atom is -0.399 e. The third-order valence-corrected chi connectivity index (χ3v) is 3.82. The van der Waals surface area contributed by atoms with Crippen LogP contribution in [0.1, 0.15) is 11.1 Å². The molecule has 6 heteroatoms. The van der Waals surface area contributed by atoms with Crippen LogP contribution in [-0.2, 0) is 23.1 Å². The molecule has 0 aliphatic carbocycles. The average molecular weight is 291 g/mol. The highest BCUT2D eigenvalue weighted by Crippen LogP contribution is 2.09. The zero-order chi connectivity index (χ0) is 14.6. The lowest BCUT2D eigenvalue weighted by atomic mass is 10.2. The maximum absolute atomic E-state index is 11.1. The van der Waals surface area contributed by atoms with E-state index >= 15 is 0 Å². The molecule has 0 saturated carbocycles. The number of sulfonamides is 1. The highest BCUT2D eigenvalue weighted by Gasteiger charge is 2.06. The highest BCUT2D eigenvalue weighted by atomic mass is 32.2. The van der Waals surface area contributed by atoms with Crippen LogP contribution < -0.4 is 16.2 Å². The molecule has 0 amide bonds. The van der Waals surface area contributed by atoms with Crippen molar-refractivity contribution >= 4 is 15.7 Å². The Bertz CT molecular complexity index is 665. The molecule has 0 radical (unpaired) electrons. The Balaban J connectivity index is 1.90. The molecule has 2 aromatic carbocycles. The van der Waals surface area contributed by atoms with E-state index in [0.29, 0.717) is 6.54 Å². The molecule has 0 aliphatic heterocycles. The zero-order valence-corrected chi connectivity index (χ0v) is 11.7. The minimum absolute atomic E-state index is 0.125. The summed E-state index contributed by atoms with van der Waals surface area (Å²) in [6.07, 6.45) is 0. The monoisotopic (exact) mass is 291 g/mol. The Hall–Kier alpha value is -1.89. The summed E-state index contributed by atoms with van der Waals surface area (Å²) in [4.78, 5) is 0.125. The molecule has 0 aliphatic rings. The molecule has 0 spiro atoms. The SMILES string of the molecule is Nc1ccc(CNCc2ccc(S(N)(=O)=O)cc2)cc1. The first-order valence-electron chi connectivity index (χ1n) is 6.12. The van der Waals surface area contributed by atoms with Gasteiger partial charge in [-0.25, -0.2) is 13.6 Å². The third-order valence-electron chi connectivity index (χ3n) is 2.89. The number of primary sulfonamides is 1. The number of hydrogen-bond acceptors (Lipinski definition) is 4. The number of benzene rings is 2. The summed E-state index contributed by atoms with van der Waals surface area (Å²) in [6, 6.07) is 14.2. The van der Waals surface area contributed by atoms with Crippen LogP contribution in [0.25, 0.3) is 0 Å². The van der Waals surface area contributed by atoms with Gasteiger partial charge in [-0.1, -0.05) is 24.3 Å². The van der Waals surface area contributed by atoms with E-state index in [4.69, 9.17) is 10.9 Å². The Morgan fingerprint density at radius 1 is 0.850 bits per heavy atom. The van der Waals surface area contributed by atoms with Gasteiger partial charge in [0.2, 0.25) is 10.0 Å². The summed E-state index contributed by atoms with van der Waals surface area (Å²) >= 11 is 0. The van der Waals surface area contributed by atoms with Crippen LogP contribution in [0.3, 0.4) is 0 Å². The van der Waals surface area contributed by atoms with Crippen LogP contribution in [0.4, 0.5) is 5.69 Å². The van der Waals surface area contributed by atoms with Crippen LogP contribution in [-0.4, -0.2) is 8.42 Å². The summed E-state index contributed by atoms with van der Waals surface area (Å²) in [5.74, 6) is 0. The molecule has 0 unspecified atom stereocenters. The zero-order valence-electron chi connectivity index (χ0n) is 10.9. The standard InChI is InChI=1S/C14H17N3O2S/c15-13-5-1-11(2-6-13)9-17-10-12-3-7-14(8-4-12)20(16,18)19/h1-8,17H,9-10,15H2,(H2,16,18,19). The smallest absolute Gasteiger partial charge is 0.238 e. The van der Waals surface area contributed by atoms with Crippen LogP contribution in [0, 0.1) is 0 Å². The molecule has 0 aromatic heterocycles. The summed E-state index contributed by atoms with van der Waals surface area (Å²) < 4.78 is 22.2. The molecule has 0 atom stereocenters. The van der Waals surface area contributed by atoms with Crippen molar-refractivity contribution in [2.24, 2.45) is 5.14 Å². The fourth-order valence-corrected chi connectivity index (χ4v) is 2.30. The van der Waals surface area contributed by atoms with E-state index in [9.17, 15) is 8.42 Å². The molecule has 2 aromatic rings. The van der Waals surface area contributed by atoms with Crippen molar-refractivity contribution < 1.29 is 8.42 Å². The van der Waals surface area contributed by atoms with Gasteiger partial charge in [0.15, 0.2) is 0 Å². The average Bonchev–Trinajstić information content (AvgIpc) is 2.41. The van der Waals surface area contributed by atoms with Gasteiger partial charge >= 0.3 is 0 Å². The Morgan fingerprint density at radius 3 is 1.75 bits per heavy atom. The molecule has 0 bridgehead atoms. The van der Waals surface area contributed by atoms with Gasteiger partial charge in [0.25, 0.3) is 0 Å². The van der Waals surface area contributed by atoms with Crippen molar-refractivity contribution in [1.29, 1.82) is 0 Å². The number of nitrogens with one attached hydrogen (secondary N) is 1. The predicted molar refractivity (Wildman–Crippen MR) is 79.2 cm³/mol. The maximum Gasteiger partial charge on any atom is 0.238 e. The van der Waals surface area contributed by atoms with E-state index in [2.05, 4.69) is 5.32 Å². The summed E-state index contributed by atoms with van der Waals surface area (Å²) in [6.45, 7) is 1.37. The number of hydrogen-bond donors (Lipinski definition) is 3. The fourth-order valence-electron chi connectivity index (χ4n) is 1.78. The number of rotatable bonds is 5. The Morgan fingerprint density at radius 2 is 1.30 bits per heavy atom. The molecule has 2 rings (SSSR count). The number of anilines is 1. The molecule has 0 fully saturated rings. The van der Waals surface area contributed by atoms with Crippen molar-refractivity contribution in [3.63, 3.8) is 0 Å². The predicted octanol–water partition coefficient (Wildman–Crippen LogP) is 1.21. The highest BCUT2D eigenvalue weighted by molar-refractivity contribution is 7.89. The van der Waals surface area contributed by atoms with Crippen LogP contribution in [0.15, 0.2) is 53.4 Å². The van der Waals surface area contributed by atoms with Gasteiger partial charge in [0.1, 0.15) is 0 Å². The largest absolute Gasteiger partial charge is 0.399 e. The summed E-state index contributed by atoms with van der Waals surface area (Å²) in [5.41, 5.74) is 8.49. The van der Waals surface area contributed by atoms with Crippen LogP contribution in [0.5, 0.6) is 0 Å². The van der Waals surface area contributed by atoms with Crippen LogP contribution in [0.2, 0.25) is 0 Å². The molecule has 0 heterocycles. The van der Waals surface area contributed by atoms with Crippen molar-refractivity contribution in [1.82, 2.24) is 5.32 Å². The van der Waals surface area contributed by atoms with E-state index in [1.54, 1.807) is 12.1 Å². The summed E-state index contributed by atoms with van der Waals surface area (Å²) in [7, 11) is -3.62. The molecule has 106 valence electrons. The second kappa shape index (κ2) is 6.04. The van der Waals surface area contributed by atoms with Gasteiger partial charge in [-0.2, -0.15) is 0 Å². The van der Waals surface area contributed by atoms with E-state index < -0.39 is 10.0 Å². The maximum atomic E-state index is 11.1. The number of nitrogens with two attached hydrogens (primary N) is 2. The molecule has 0 saturated heterocycles. The lowest BCUT2D eigenvalue weighted by Crippen LogP contribution is -2.14. The molecular weight excluding hydrogens is 274 g/mol. The Kier molecular flexibility index (Phi) is 4.39. The number of nitrogen functional groups attached to an aromatic ring is 1. The summed E-state index contributed by atoms with van der Waals surface area (Å²) in [5, 5.41) is 8.32. The van der Waals surface area contributed by atoms with Gasteiger partial charge in [-0.15, -0.1) is 0 Å². The van der Waals surface area contributed by atoms with Crippen molar-refractivity contribution in [2.45, 2.75) is 18.0 Å². The molecule has 20 heavy (non-hydrogen) atoms. The first kappa shape index (κ1) is 14.5. The van der Waals surface area contributed by atoms with Crippen molar-refractivity contribution in [2.75, 3.05) is 5.73 Å². The van der Waals surface area contributed by atoms with Crippen LogP contribution >= 0.6 is 0 Å². The van der Waals surface area contributed by atoms with Gasteiger partial charge in [0, 0.05) is 18.8 Å². The second-order valence-corrected chi connectivity index (χ2v) is 6.10. The second-order valence-electron chi connectivity index (χ2n) is 4.53. The van der Waals surface area contributed by atoms with E-state index in [0.717, 1.165) is 23.4 Å². The first-order valence-corrected chi connectivity index (χ1v) is 7.67. The Labute approximate surface area is 118 Å². The molecular formula is C14H17N3O2S. The van der Waals surface area contributed by atoms with Gasteiger partial charge < -0.3 is 11.1 Å². The van der Waals surface area contributed by atoms with E-state index in [-0.39, 0.29) is 4.90 Å². The normalized spacial score (nSPS) is 11.4. The van der Waals surface area contributed by atoms with E-state index in [1.807, 2.05) is 24.3 Å². The van der Waals surface area contributed by atoms with Gasteiger partial charge in [-0.05, 0) is 35.4 Å². The molecule has 5 nitrogen and oxygen atoms in total. The van der Waals surface area contributed by atoms with Gasteiger partial charge in [-0.3, -0.25) is 0 Å². The van der Waals surface area contributed by atoms with Crippen molar-refractivity contribution in [3.05, 3.63) is 59.7 Å². The lowest BCUT2D eigenvalue weighted by molar-refractivity contribution is 0.597.